The molecular weight excluding hydrogens is 292 g/mol. The second-order valence-corrected chi connectivity index (χ2v) is 4.91. The molecule has 0 saturated carbocycles. The molecule has 0 aliphatic rings. The van der Waals surface area contributed by atoms with Gasteiger partial charge in [-0.1, -0.05) is 28.1 Å². The van der Waals surface area contributed by atoms with Crippen LogP contribution in [0, 0.1) is 0 Å². The standard InChI is InChI=1S/C13H15BrN4/c1-18(8-7-15)13-6-5-12(16-17-13)10-3-2-4-11(14)9-10/h2-6,9H,7-8,15H2,1H3. The van der Waals surface area contributed by atoms with Crippen LogP contribution >= 0.6 is 15.9 Å². The number of anilines is 1. The van der Waals surface area contributed by atoms with Crippen LogP contribution in [0.1, 0.15) is 0 Å². The van der Waals surface area contributed by atoms with E-state index in [2.05, 4.69) is 26.1 Å². The van der Waals surface area contributed by atoms with E-state index in [0.717, 1.165) is 28.1 Å². The molecular formula is C13H15BrN4. The number of halogens is 1. The highest BCUT2D eigenvalue weighted by Gasteiger charge is 2.04. The molecule has 0 aliphatic heterocycles. The Bertz CT molecular complexity index is 513. The Morgan fingerprint density at radius 1 is 1.22 bits per heavy atom. The van der Waals surface area contributed by atoms with Gasteiger partial charge in [-0.3, -0.25) is 0 Å². The highest BCUT2D eigenvalue weighted by molar-refractivity contribution is 9.10. The van der Waals surface area contributed by atoms with Crippen molar-refractivity contribution in [2.24, 2.45) is 5.73 Å². The van der Waals surface area contributed by atoms with E-state index in [0.29, 0.717) is 6.54 Å². The van der Waals surface area contributed by atoms with Crippen molar-refractivity contribution in [2.45, 2.75) is 0 Å². The molecule has 0 fully saturated rings. The molecule has 5 heteroatoms. The Hall–Kier alpha value is -1.46. The monoisotopic (exact) mass is 306 g/mol. The first-order valence-electron chi connectivity index (χ1n) is 5.71. The normalized spacial score (nSPS) is 10.4. The van der Waals surface area contributed by atoms with Crippen LogP contribution in [0.4, 0.5) is 5.82 Å². The maximum absolute atomic E-state index is 5.51. The Labute approximate surface area is 115 Å². The minimum absolute atomic E-state index is 0.603. The molecule has 0 amide bonds. The summed E-state index contributed by atoms with van der Waals surface area (Å²) in [6, 6.07) is 11.9. The quantitative estimate of drug-likeness (QED) is 0.942. The van der Waals surface area contributed by atoms with E-state index in [1.807, 2.05) is 48.3 Å². The first-order chi connectivity index (χ1) is 8.70. The highest BCUT2D eigenvalue weighted by Crippen LogP contribution is 2.21. The molecule has 0 radical (unpaired) electrons. The third kappa shape index (κ3) is 3.05. The van der Waals surface area contributed by atoms with Gasteiger partial charge in [-0.25, -0.2) is 0 Å². The minimum Gasteiger partial charge on any atom is -0.357 e. The zero-order valence-corrected chi connectivity index (χ0v) is 11.8. The zero-order valence-electron chi connectivity index (χ0n) is 10.2. The summed E-state index contributed by atoms with van der Waals surface area (Å²) in [5.74, 6) is 0.833. The molecule has 0 spiro atoms. The van der Waals surface area contributed by atoms with E-state index in [1.165, 1.54) is 0 Å². The smallest absolute Gasteiger partial charge is 0.151 e. The molecule has 0 bridgehead atoms. The van der Waals surface area contributed by atoms with E-state index in [4.69, 9.17) is 5.73 Å². The molecule has 1 heterocycles. The van der Waals surface area contributed by atoms with Gasteiger partial charge in [0.15, 0.2) is 5.82 Å². The van der Waals surface area contributed by atoms with Crippen molar-refractivity contribution in [1.29, 1.82) is 0 Å². The number of rotatable bonds is 4. The van der Waals surface area contributed by atoms with Crippen LogP contribution in [-0.4, -0.2) is 30.3 Å². The minimum atomic E-state index is 0.603. The van der Waals surface area contributed by atoms with Crippen molar-refractivity contribution >= 4 is 21.7 Å². The molecule has 1 aromatic carbocycles. The fraction of sp³-hybridized carbons (Fsp3) is 0.231. The van der Waals surface area contributed by atoms with E-state index >= 15 is 0 Å². The zero-order chi connectivity index (χ0) is 13.0. The van der Waals surface area contributed by atoms with Crippen molar-refractivity contribution in [3.8, 4) is 11.3 Å². The van der Waals surface area contributed by atoms with Gasteiger partial charge in [-0.2, -0.15) is 0 Å². The van der Waals surface area contributed by atoms with Crippen molar-refractivity contribution in [3.05, 3.63) is 40.9 Å². The lowest BCUT2D eigenvalue weighted by Crippen LogP contribution is -2.25. The first kappa shape index (κ1) is 13.0. The number of likely N-dealkylation sites (N-methyl/N-ethyl adjacent to an activating group) is 1. The molecule has 0 saturated heterocycles. The summed E-state index contributed by atoms with van der Waals surface area (Å²) in [6.45, 7) is 1.37. The third-order valence-electron chi connectivity index (χ3n) is 2.63. The van der Waals surface area contributed by atoms with Crippen LogP contribution in [0.2, 0.25) is 0 Å². The molecule has 0 atom stereocenters. The lowest BCUT2D eigenvalue weighted by Gasteiger charge is -2.16. The van der Waals surface area contributed by atoms with Gasteiger partial charge in [0.05, 0.1) is 5.69 Å². The van der Waals surface area contributed by atoms with Crippen LogP contribution < -0.4 is 10.6 Å². The Morgan fingerprint density at radius 3 is 2.67 bits per heavy atom. The van der Waals surface area contributed by atoms with E-state index in [9.17, 15) is 0 Å². The van der Waals surface area contributed by atoms with Gasteiger partial charge in [0.2, 0.25) is 0 Å². The molecule has 2 rings (SSSR count). The number of nitrogens with two attached hydrogens (primary N) is 1. The van der Waals surface area contributed by atoms with Gasteiger partial charge in [0.25, 0.3) is 0 Å². The molecule has 18 heavy (non-hydrogen) atoms. The van der Waals surface area contributed by atoms with E-state index in [-0.39, 0.29) is 0 Å². The summed E-state index contributed by atoms with van der Waals surface area (Å²) in [5.41, 5.74) is 7.42. The Kier molecular flexibility index (Phi) is 4.28. The molecule has 94 valence electrons. The third-order valence-corrected chi connectivity index (χ3v) is 3.12. The van der Waals surface area contributed by atoms with Gasteiger partial charge in [0.1, 0.15) is 0 Å². The summed E-state index contributed by atoms with van der Waals surface area (Å²) < 4.78 is 1.03. The van der Waals surface area contributed by atoms with Gasteiger partial charge < -0.3 is 10.6 Å². The van der Waals surface area contributed by atoms with Gasteiger partial charge in [-0.15, -0.1) is 10.2 Å². The molecule has 0 unspecified atom stereocenters. The summed E-state index contributed by atoms with van der Waals surface area (Å²) in [5, 5.41) is 8.45. The predicted octanol–water partition coefficient (Wildman–Crippen LogP) is 2.30. The average Bonchev–Trinajstić information content (AvgIpc) is 2.39. The Morgan fingerprint density at radius 2 is 2.06 bits per heavy atom. The largest absolute Gasteiger partial charge is 0.357 e. The van der Waals surface area contributed by atoms with Crippen molar-refractivity contribution in [1.82, 2.24) is 10.2 Å². The fourth-order valence-electron chi connectivity index (χ4n) is 1.64. The first-order valence-corrected chi connectivity index (χ1v) is 6.51. The fourth-order valence-corrected chi connectivity index (χ4v) is 2.04. The summed E-state index contributed by atoms with van der Waals surface area (Å²) in [4.78, 5) is 1.98. The van der Waals surface area contributed by atoms with Crippen LogP contribution in [0.5, 0.6) is 0 Å². The van der Waals surface area contributed by atoms with Crippen molar-refractivity contribution in [2.75, 3.05) is 25.0 Å². The van der Waals surface area contributed by atoms with E-state index in [1.54, 1.807) is 0 Å². The highest BCUT2D eigenvalue weighted by atomic mass is 79.9. The topological polar surface area (TPSA) is 55.0 Å². The molecule has 4 nitrogen and oxygen atoms in total. The second kappa shape index (κ2) is 5.93. The van der Waals surface area contributed by atoms with Gasteiger partial charge >= 0.3 is 0 Å². The van der Waals surface area contributed by atoms with Crippen molar-refractivity contribution in [3.63, 3.8) is 0 Å². The molecule has 0 aliphatic carbocycles. The second-order valence-electron chi connectivity index (χ2n) is 4.00. The Balaban J connectivity index is 2.22. The summed E-state index contributed by atoms with van der Waals surface area (Å²) in [6.07, 6.45) is 0. The number of nitrogens with zero attached hydrogens (tertiary/aromatic N) is 3. The van der Waals surface area contributed by atoms with Crippen LogP contribution in [0.25, 0.3) is 11.3 Å². The SMILES string of the molecule is CN(CCN)c1ccc(-c2cccc(Br)c2)nn1. The van der Waals surface area contributed by atoms with E-state index < -0.39 is 0 Å². The predicted molar refractivity (Wildman–Crippen MR) is 77.5 cm³/mol. The number of hydrogen-bond acceptors (Lipinski definition) is 4. The molecule has 2 aromatic rings. The lowest BCUT2D eigenvalue weighted by atomic mass is 10.1. The van der Waals surface area contributed by atoms with Crippen LogP contribution in [-0.2, 0) is 0 Å². The maximum atomic E-state index is 5.51. The lowest BCUT2D eigenvalue weighted by molar-refractivity contribution is 0.848. The molecule has 2 N–H and O–H groups in total. The average molecular weight is 307 g/mol. The number of hydrogen-bond donors (Lipinski definition) is 1. The van der Waals surface area contributed by atoms with Crippen LogP contribution in [0.3, 0.4) is 0 Å². The number of benzene rings is 1. The summed E-state index contributed by atoms with van der Waals surface area (Å²) in [7, 11) is 1.95. The molecule has 1 aromatic heterocycles. The maximum Gasteiger partial charge on any atom is 0.151 e. The summed E-state index contributed by atoms with van der Waals surface area (Å²) >= 11 is 3.45. The van der Waals surface area contributed by atoms with Crippen LogP contribution in [0.15, 0.2) is 40.9 Å². The van der Waals surface area contributed by atoms with Crippen molar-refractivity contribution < 1.29 is 0 Å². The number of aromatic nitrogens is 2. The van der Waals surface area contributed by atoms with Gasteiger partial charge in [-0.05, 0) is 24.3 Å². The van der Waals surface area contributed by atoms with Gasteiger partial charge in [0, 0.05) is 30.2 Å².